The Morgan fingerprint density at radius 3 is 2.94 bits per heavy atom. The van der Waals surface area contributed by atoms with E-state index in [9.17, 15) is 10.1 Å². The van der Waals surface area contributed by atoms with Gasteiger partial charge in [0.1, 0.15) is 5.69 Å². The van der Waals surface area contributed by atoms with Crippen LogP contribution in [0, 0.1) is 16.0 Å². The van der Waals surface area contributed by atoms with E-state index >= 15 is 0 Å². The van der Waals surface area contributed by atoms with Gasteiger partial charge >= 0.3 is 0 Å². The van der Waals surface area contributed by atoms with Gasteiger partial charge in [0.2, 0.25) is 0 Å². The number of nitro groups is 1. The molecule has 1 aromatic rings. The quantitative estimate of drug-likeness (QED) is 0.383. The fraction of sp³-hybridized carbons (Fsp3) is 0.308. The maximum Gasteiger partial charge on any atom is 0.294 e. The zero-order valence-electron chi connectivity index (χ0n) is 9.95. The Bertz CT molecular complexity index is 483. The highest BCUT2D eigenvalue weighted by Crippen LogP contribution is 2.23. The predicted octanol–water partition coefficient (Wildman–Crippen LogP) is 3.35. The molecular weight excluding hydrogens is 230 g/mol. The number of nitrogens with one attached hydrogen (secondary N) is 1. The maximum atomic E-state index is 10.8. The molecule has 0 spiro atoms. The normalized spacial score (nSPS) is 19.0. The number of para-hydroxylation sites is 2. The standard InChI is InChI=1S/C13H15N3O2/c17-16(18)13-9-5-4-8-12(13)15-14-10-11-6-2-1-3-7-11/h1-2,4-5,8-11,15H,3,6-7H2/b14-10-/t11-/m0/s1. The van der Waals surface area contributed by atoms with Crippen LogP contribution in [0.3, 0.4) is 0 Å². The van der Waals surface area contributed by atoms with Crippen LogP contribution in [0.1, 0.15) is 19.3 Å². The molecule has 0 aliphatic heterocycles. The van der Waals surface area contributed by atoms with Crippen molar-refractivity contribution in [3.05, 3.63) is 46.5 Å². The molecule has 0 saturated carbocycles. The van der Waals surface area contributed by atoms with Gasteiger partial charge < -0.3 is 0 Å². The van der Waals surface area contributed by atoms with Gasteiger partial charge in [-0.1, -0.05) is 24.3 Å². The van der Waals surface area contributed by atoms with E-state index in [0.29, 0.717) is 11.6 Å². The monoisotopic (exact) mass is 245 g/mol. The molecule has 0 fully saturated rings. The third kappa shape index (κ3) is 3.16. The SMILES string of the molecule is O=[N+]([O-])c1ccccc1N/N=C\[C@H]1CC=CCC1. The van der Waals surface area contributed by atoms with Crippen LogP contribution in [0.25, 0.3) is 0 Å². The molecule has 1 aliphatic carbocycles. The van der Waals surface area contributed by atoms with Gasteiger partial charge in [-0.25, -0.2) is 0 Å². The van der Waals surface area contributed by atoms with E-state index in [1.165, 1.54) is 6.07 Å². The van der Waals surface area contributed by atoms with Crippen molar-refractivity contribution in [2.45, 2.75) is 19.3 Å². The van der Waals surface area contributed by atoms with E-state index < -0.39 is 4.92 Å². The zero-order chi connectivity index (χ0) is 12.8. The summed E-state index contributed by atoms with van der Waals surface area (Å²) in [5, 5.41) is 14.9. The molecule has 0 heterocycles. The van der Waals surface area contributed by atoms with Crippen molar-refractivity contribution in [2.24, 2.45) is 11.0 Å². The molecule has 0 unspecified atom stereocenters. The second kappa shape index (κ2) is 5.95. The lowest BCUT2D eigenvalue weighted by Gasteiger charge is -2.11. The number of hydrazone groups is 1. The van der Waals surface area contributed by atoms with Crippen molar-refractivity contribution < 1.29 is 4.92 Å². The number of nitrogens with zero attached hydrogens (tertiary/aromatic N) is 2. The van der Waals surface area contributed by atoms with Gasteiger partial charge in [0, 0.05) is 12.3 Å². The Hall–Kier alpha value is -2.17. The summed E-state index contributed by atoms with van der Waals surface area (Å²) in [6.07, 6.45) is 9.29. The van der Waals surface area contributed by atoms with Crippen molar-refractivity contribution in [3.8, 4) is 0 Å². The Morgan fingerprint density at radius 1 is 1.39 bits per heavy atom. The molecule has 1 N–H and O–H groups in total. The summed E-state index contributed by atoms with van der Waals surface area (Å²) >= 11 is 0. The summed E-state index contributed by atoms with van der Waals surface area (Å²) in [5.74, 6) is 0.422. The molecule has 5 nitrogen and oxygen atoms in total. The number of rotatable bonds is 4. The molecule has 1 aliphatic rings. The van der Waals surface area contributed by atoms with Gasteiger partial charge in [0.15, 0.2) is 0 Å². The third-order valence-electron chi connectivity index (χ3n) is 2.88. The number of anilines is 1. The Morgan fingerprint density at radius 2 is 2.22 bits per heavy atom. The zero-order valence-corrected chi connectivity index (χ0v) is 9.95. The molecule has 5 heteroatoms. The predicted molar refractivity (Wildman–Crippen MR) is 71.7 cm³/mol. The first-order valence-corrected chi connectivity index (χ1v) is 5.95. The topological polar surface area (TPSA) is 67.5 Å². The van der Waals surface area contributed by atoms with E-state index in [1.807, 2.05) is 6.21 Å². The van der Waals surface area contributed by atoms with Gasteiger partial charge in [-0.3, -0.25) is 15.5 Å². The highest BCUT2D eigenvalue weighted by atomic mass is 16.6. The Kier molecular flexibility index (Phi) is 4.06. The molecule has 94 valence electrons. The molecule has 0 amide bonds. The number of hydrogen-bond donors (Lipinski definition) is 1. The van der Waals surface area contributed by atoms with Crippen molar-refractivity contribution in [1.29, 1.82) is 0 Å². The van der Waals surface area contributed by atoms with Crippen LogP contribution in [0.15, 0.2) is 41.5 Å². The van der Waals surface area contributed by atoms with Crippen LogP contribution < -0.4 is 5.43 Å². The summed E-state index contributed by atoms with van der Waals surface area (Å²) in [6.45, 7) is 0. The van der Waals surface area contributed by atoms with Crippen molar-refractivity contribution in [2.75, 3.05) is 5.43 Å². The van der Waals surface area contributed by atoms with E-state index in [0.717, 1.165) is 19.3 Å². The van der Waals surface area contributed by atoms with E-state index in [1.54, 1.807) is 18.2 Å². The van der Waals surface area contributed by atoms with Crippen molar-refractivity contribution in [1.82, 2.24) is 0 Å². The average molecular weight is 245 g/mol. The van der Waals surface area contributed by atoms with Crippen LogP contribution >= 0.6 is 0 Å². The van der Waals surface area contributed by atoms with Gasteiger partial charge in [0.05, 0.1) is 4.92 Å². The van der Waals surface area contributed by atoms with Gasteiger partial charge in [-0.15, -0.1) is 0 Å². The van der Waals surface area contributed by atoms with Crippen molar-refractivity contribution >= 4 is 17.6 Å². The lowest BCUT2D eigenvalue weighted by atomic mass is 9.96. The molecule has 1 aromatic carbocycles. The molecule has 0 saturated heterocycles. The lowest BCUT2D eigenvalue weighted by Crippen LogP contribution is -2.05. The van der Waals surface area contributed by atoms with Crippen LogP contribution in [0.4, 0.5) is 11.4 Å². The smallest absolute Gasteiger partial charge is 0.272 e. The molecular formula is C13H15N3O2. The number of allylic oxidation sites excluding steroid dienone is 2. The van der Waals surface area contributed by atoms with Crippen LogP contribution in [0.5, 0.6) is 0 Å². The third-order valence-corrected chi connectivity index (χ3v) is 2.88. The number of nitro benzene ring substituents is 1. The molecule has 0 aromatic heterocycles. The van der Waals surface area contributed by atoms with Gasteiger partial charge in [-0.05, 0) is 31.2 Å². The fourth-order valence-electron chi connectivity index (χ4n) is 1.89. The summed E-state index contributed by atoms with van der Waals surface area (Å²) < 4.78 is 0. The number of hydrogen-bond acceptors (Lipinski definition) is 4. The fourth-order valence-corrected chi connectivity index (χ4v) is 1.89. The Labute approximate surface area is 105 Å². The van der Waals surface area contributed by atoms with Crippen LogP contribution in [-0.4, -0.2) is 11.1 Å². The summed E-state index contributed by atoms with van der Waals surface area (Å²) in [4.78, 5) is 10.4. The average Bonchev–Trinajstić information content (AvgIpc) is 2.40. The lowest BCUT2D eigenvalue weighted by molar-refractivity contribution is -0.384. The largest absolute Gasteiger partial charge is 0.294 e. The van der Waals surface area contributed by atoms with Gasteiger partial charge in [-0.2, -0.15) is 5.10 Å². The molecule has 1 atom stereocenters. The summed E-state index contributed by atoms with van der Waals surface area (Å²) in [6, 6.07) is 6.49. The minimum absolute atomic E-state index is 0.0400. The first-order valence-electron chi connectivity index (χ1n) is 5.95. The number of benzene rings is 1. The van der Waals surface area contributed by atoms with Crippen LogP contribution in [-0.2, 0) is 0 Å². The molecule has 18 heavy (non-hydrogen) atoms. The minimum Gasteiger partial charge on any atom is -0.272 e. The highest BCUT2D eigenvalue weighted by molar-refractivity contribution is 5.66. The van der Waals surface area contributed by atoms with Gasteiger partial charge in [0.25, 0.3) is 5.69 Å². The molecule has 0 radical (unpaired) electrons. The maximum absolute atomic E-state index is 10.8. The second-order valence-electron chi connectivity index (χ2n) is 4.21. The Balaban J connectivity index is 1.99. The van der Waals surface area contributed by atoms with Crippen molar-refractivity contribution in [3.63, 3.8) is 0 Å². The van der Waals surface area contributed by atoms with Crippen LogP contribution in [0.2, 0.25) is 0 Å². The summed E-state index contributed by atoms with van der Waals surface area (Å²) in [5.41, 5.74) is 3.21. The molecule has 2 rings (SSSR count). The van der Waals surface area contributed by atoms with E-state index in [4.69, 9.17) is 0 Å². The first-order chi connectivity index (χ1) is 8.77. The van der Waals surface area contributed by atoms with E-state index in [2.05, 4.69) is 22.7 Å². The second-order valence-corrected chi connectivity index (χ2v) is 4.21. The minimum atomic E-state index is -0.415. The molecule has 0 bridgehead atoms. The summed E-state index contributed by atoms with van der Waals surface area (Å²) in [7, 11) is 0. The van der Waals surface area contributed by atoms with E-state index in [-0.39, 0.29) is 5.69 Å². The highest BCUT2D eigenvalue weighted by Gasteiger charge is 2.11. The first kappa shape index (κ1) is 12.3.